The Labute approximate surface area is 527 Å². The van der Waals surface area contributed by atoms with Crippen LogP contribution >= 0.6 is 0 Å². The SMILES string of the molecule is C=C(C)C(=O)OCCCCCCCCCCCN1CC[N+](C)(CCCS(=O)(=O)[O-])CC1.C=C(C)C(=O)OCCCCCCCCCCC[N+]1(CCCS(=C)(=O)[O-])CC[N+](C)(CCCS(=O)(=O)[O-])CC1.C=CC(=O)N1CC[N+](C)(CCCS(=O)(=O)[O-])CC1. The van der Waals surface area contributed by atoms with Crippen molar-refractivity contribution in [2.45, 2.75) is 155 Å². The van der Waals surface area contributed by atoms with Crippen molar-refractivity contribution in [2.24, 2.45) is 0 Å². The second-order valence-corrected chi connectivity index (χ2v) is 32.3. The predicted molar refractivity (Wildman–Crippen MR) is 343 cm³/mol. The summed E-state index contributed by atoms with van der Waals surface area (Å²) in [4.78, 5) is 38.2. The summed E-state index contributed by atoms with van der Waals surface area (Å²) in [5, 5.41) is 0. The summed E-state index contributed by atoms with van der Waals surface area (Å²) >= 11 is 0. The van der Waals surface area contributed by atoms with E-state index < -0.39 is 40.2 Å². The number of quaternary nitrogens is 4. The zero-order valence-electron chi connectivity index (χ0n) is 54.3. The van der Waals surface area contributed by atoms with Gasteiger partial charge in [0.1, 0.15) is 26.2 Å². The molecule has 0 radical (unpaired) electrons. The van der Waals surface area contributed by atoms with Crippen LogP contribution in [0.4, 0.5) is 0 Å². The number of carbonyl (C=O) groups excluding carboxylic acids is 3. The number of hydrogen-bond acceptors (Lipinski definition) is 17. The van der Waals surface area contributed by atoms with E-state index in [-0.39, 0.29) is 40.9 Å². The number of hydrogen-bond donors (Lipinski definition) is 0. The van der Waals surface area contributed by atoms with Crippen molar-refractivity contribution in [1.29, 1.82) is 0 Å². The molecular formula is C61H116N6O16S4. The van der Waals surface area contributed by atoms with E-state index in [0.717, 1.165) is 150 Å². The van der Waals surface area contributed by atoms with Gasteiger partial charge in [-0.1, -0.05) is 119 Å². The summed E-state index contributed by atoms with van der Waals surface area (Å²) in [5.41, 5.74) is 0.901. The minimum Gasteiger partial charge on any atom is -0.778 e. The molecule has 1 amide bonds. The Kier molecular flexibility index (Phi) is 40.0. The number of ether oxygens (including phenoxy) is 2. The van der Waals surface area contributed by atoms with Gasteiger partial charge in [-0.05, 0) is 58.6 Å². The van der Waals surface area contributed by atoms with Crippen LogP contribution < -0.4 is 0 Å². The monoisotopic (exact) mass is 1320 g/mol. The lowest BCUT2D eigenvalue weighted by Gasteiger charge is -2.48. The Morgan fingerprint density at radius 1 is 0.437 bits per heavy atom. The molecule has 0 bridgehead atoms. The van der Waals surface area contributed by atoms with E-state index in [1.807, 2.05) is 7.05 Å². The normalized spacial score (nSPS) is 20.4. The van der Waals surface area contributed by atoms with Crippen molar-refractivity contribution >= 4 is 63.9 Å². The summed E-state index contributed by atoms with van der Waals surface area (Å²) in [6, 6.07) is 0. The topological polar surface area (TPSA) is 288 Å². The second kappa shape index (κ2) is 42.3. The molecule has 3 heterocycles. The van der Waals surface area contributed by atoms with Gasteiger partial charge < -0.3 is 50.5 Å². The Hall–Kier alpha value is -2.86. The zero-order chi connectivity index (χ0) is 65.7. The number of carbonyl (C=O) groups is 3. The lowest BCUT2D eigenvalue weighted by atomic mass is 10.1. The smallest absolute Gasteiger partial charge is 0.333 e. The van der Waals surface area contributed by atoms with Crippen LogP contribution in [0.3, 0.4) is 0 Å². The Morgan fingerprint density at radius 3 is 1.09 bits per heavy atom. The minimum atomic E-state index is -4.18. The first-order valence-electron chi connectivity index (χ1n) is 32.0. The van der Waals surface area contributed by atoms with Gasteiger partial charge in [0.15, 0.2) is 0 Å². The van der Waals surface area contributed by atoms with Crippen molar-refractivity contribution < 1.29 is 89.5 Å². The summed E-state index contributed by atoms with van der Waals surface area (Å²) in [7, 11) is -9.30. The average Bonchev–Trinajstić information content (AvgIpc) is 1.56. The molecule has 0 aromatic carbocycles. The molecule has 0 aromatic rings. The van der Waals surface area contributed by atoms with Gasteiger partial charge in [0, 0.05) is 72.9 Å². The maximum atomic E-state index is 11.6. The third-order valence-electron chi connectivity index (χ3n) is 17.4. The number of piperazine rings is 3. The van der Waals surface area contributed by atoms with Crippen molar-refractivity contribution in [3.05, 3.63) is 37.0 Å². The van der Waals surface area contributed by atoms with E-state index in [1.165, 1.54) is 76.7 Å². The highest BCUT2D eigenvalue weighted by atomic mass is 32.2. The number of amides is 1. The molecule has 3 aliphatic heterocycles. The fourth-order valence-corrected chi connectivity index (χ4v) is 13.4. The molecular weight excluding hydrogens is 1200 g/mol. The largest absolute Gasteiger partial charge is 0.778 e. The number of unbranched alkanes of at least 4 members (excludes halogenated alkanes) is 16. The molecule has 3 rings (SSSR count). The molecule has 3 aliphatic rings. The van der Waals surface area contributed by atoms with Crippen molar-refractivity contribution in [3.63, 3.8) is 0 Å². The van der Waals surface area contributed by atoms with Gasteiger partial charge in [0.05, 0.1) is 137 Å². The van der Waals surface area contributed by atoms with Gasteiger partial charge in [0.25, 0.3) is 0 Å². The zero-order valence-corrected chi connectivity index (χ0v) is 57.5. The van der Waals surface area contributed by atoms with Gasteiger partial charge in [-0.25, -0.2) is 34.8 Å². The van der Waals surface area contributed by atoms with E-state index in [2.05, 4.69) is 44.6 Å². The van der Waals surface area contributed by atoms with Crippen LogP contribution in [0.25, 0.3) is 0 Å². The quantitative estimate of drug-likeness (QED) is 0.0175. The first-order valence-corrected chi connectivity index (χ1v) is 38.6. The number of rotatable bonds is 43. The van der Waals surface area contributed by atoms with Gasteiger partial charge in [-0.3, -0.25) is 13.9 Å². The maximum absolute atomic E-state index is 11.6. The van der Waals surface area contributed by atoms with Crippen molar-refractivity contribution in [2.75, 3.05) is 175 Å². The molecule has 0 aromatic heterocycles. The standard InChI is InChI=1S/C27H52N2O7S2.C23H44N2O5S.C11H20N2O4S/c1-26(2)27(30)36-23-13-11-9-7-5-6-8-10-12-17-29(18-15-24-37(4,31)32)21-19-28(3,20-22-29)16-14-25-38(33,34)35;1-22(2)23(26)30-20-12-10-8-6-4-5-7-9-11-14-24-15-18-25(3,19-16-24)17-13-21-31(27,28)29;1-3-11(14)12-5-8-13(2,9-6-12)7-4-10-18(15,16)17/h1,4-25H2,2-3H3;1,4-21H2,2-3H3;3H,1,4-10H2,2H3. The van der Waals surface area contributed by atoms with Crippen molar-refractivity contribution in [1.82, 2.24) is 9.80 Å². The van der Waals surface area contributed by atoms with E-state index in [9.17, 15) is 62.1 Å². The molecule has 0 N–H and O–H groups in total. The number of likely N-dealkylation sites (N-methyl/N-ethyl adjacent to an activating group) is 3. The van der Waals surface area contributed by atoms with Gasteiger partial charge >= 0.3 is 11.9 Å². The van der Waals surface area contributed by atoms with E-state index in [1.54, 1.807) is 18.7 Å². The highest BCUT2D eigenvalue weighted by Crippen LogP contribution is 2.23. The van der Waals surface area contributed by atoms with Crippen LogP contribution in [0.1, 0.15) is 155 Å². The summed E-state index contributed by atoms with van der Waals surface area (Å²) < 4.78 is 133. The van der Waals surface area contributed by atoms with E-state index in [4.69, 9.17) is 9.47 Å². The molecule has 87 heavy (non-hydrogen) atoms. The average molecular weight is 1320 g/mol. The van der Waals surface area contributed by atoms with Crippen LogP contribution in [-0.2, 0) is 64.0 Å². The maximum Gasteiger partial charge on any atom is 0.333 e. The molecule has 510 valence electrons. The van der Waals surface area contributed by atoms with Crippen LogP contribution in [0, 0.1) is 0 Å². The minimum absolute atomic E-state index is 0.0663. The van der Waals surface area contributed by atoms with E-state index >= 15 is 0 Å². The molecule has 0 saturated carbocycles. The third kappa shape index (κ3) is 43.5. The van der Waals surface area contributed by atoms with E-state index in [0.29, 0.717) is 80.7 Å². The number of nitrogens with zero attached hydrogens (tertiary/aromatic N) is 6. The second-order valence-electron chi connectivity index (χ2n) is 25.8. The summed E-state index contributed by atoms with van der Waals surface area (Å²) in [6.45, 7) is 30.7. The highest BCUT2D eigenvalue weighted by molar-refractivity contribution is 7.95. The Balaban J connectivity index is 0.000000692. The van der Waals surface area contributed by atoms with Gasteiger partial charge in [-0.15, -0.1) is 0 Å². The van der Waals surface area contributed by atoms with Crippen molar-refractivity contribution in [3.8, 4) is 0 Å². The summed E-state index contributed by atoms with van der Waals surface area (Å²) in [5.74, 6) is 1.84. The molecule has 1 atom stereocenters. The molecule has 3 fully saturated rings. The van der Waals surface area contributed by atoms with Gasteiger partial charge in [0.2, 0.25) is 5.91 Å². The first-order chi connectivity index (χ1) is 40.5. The predicted octanol–water partition coefficient (Wildman–Crippen LogP) is 5.78. The Morgan fingerprint density at radius 2 is 0.747 bits per heavy atom. The van der Waals surface area contributed by atoms with Crippen LogP contribution in [0.5, 0.6) is 0 Å². The molecule has 26 heteroatoms. The lowest BCUT2D eigenvalue weighted by Crippen LogP contribution is -2.66. The molecule has 3 saturated heterocycles. The van der Waals surface area contributed by atoms with Crippen LogP contribution in [0.15, 0.2) is 37.0 Å². The lowest BCUT2D eigenvalue weighted by molar-refractivity contribution is -1.02. The molecule has 0 spiro atoms. The Bertz CT molecular complexity index is 2490. The molecule has 1 unspecified atom stereocenters. The number of esters is 2. The van der Waals surface area contributed by atoms with Crippen LogP contribution in [-0.4, -0.2) is 274 Å². The third-order valence-corrected chi connectivity index (χ3v) is 20.6. The molecule has 0 aliphatic carbocycles. The fourth-order valence-electron chi connectivity index (χ4n) is 11.4. The molecule has 22 nitrogen and oxygen atoms in total. The van der Waals surface area contributed by atoms with Gasteiger partial charge in [-0.2, -0.15) is 0 Å². The first kappa shape index (κ1) is 82.2. The highest BCUT2D eigenvalue weighted by Gasteiger charge is 2.39. The summed E-state index contributed by atoms with van der Waals surface area (Å²) in [6.07, 6.45) is 24.2. The fraction of sp³-hybridized carbons (Fsp3) is 0.836. The van der Waals surface area contributed by atoms with Crippen LogP contribution in [0.2, 0.25) is 0 Å².